The van der Waals surface area contributed by atoms with Crippen LogP contribution in [0.1, 0.15) is 0 Å². The summed E-state index contributed by atoms with van der Waals surface area (Å²) in [5.41, 5.74) is 0. The monoisotopic (exact) mass is 394 g/mol. The second kappa shape index (κ2) is 8.71. The fraction of sp³-hybridized carbons (Fsp3) is 0.368. The summed E-state index contributed by atoms with van der Waals surface area (Å²) in [6.07, 6.45) is -0.602. The molecule has 1 fully saturated rings. The number of aliphatic hydroxyl groups excluding tert-OH is 1. The molecule has 0 bridgehead atoms. The maximum Gasteiger partial charge on any atom is 0.206 e. The van der Waals surface area contributed by atoms with E-state index in [1.165, 1.54) is 31.4 Å². The van der Waals surface area contributed by atoms with Gasteiger partial charge < -0.3 is 24.1 Å². The molecule has 0 radical (unpaired) electrons. The van der Waals surface area contributed by atoms with Crippen LogP contribution in [0.15, 0.2) is 58.3 Å². The minimum Gasteiger partial charge on any atom is -0.491 e. The minimum absolute atomic E-state index is 0.0628. The van der Waals surface area contributed by atoms with Crippen LogP contribution in [-0.4, -0.2) is 59.3 Å². The van der Waals surface area contributed by atoms with E-state index in [0.717, 1.165) is 0 Å². The van der Waals surface area contributed by atoms with Crippen LogP contribution in [0.2, 0.25) is 0 Å². The molecule has 1 saturated heterocycles. The molecule has 0 spiro atoms. The number of aliphatic hydroxyl groups is 1. The number of epoxide rings is 1. The Bertz CT molecular complexity index is 827. The van der Waals surface area contributed by atoms with Gasteiger partial charge in [0.2, 0.25) is 9.84 Å². The van der Waals surface area contributed by atoms with Crippen LogP contribution in [0.5, 0.6) is 11.5 Å². The van der Waals surface area contributed by atoms with Crippen molar-refractivity contribution in [2.45, 2.75) is 22.0 Å². The van der Waals surface area contributed by atoms with Gasteiger partial charge >= 0.3 is 0 Å². The highest BCUT2D eigenvalue weighted by atomic mass is 32.2. The van der Waals surface area contributed by atoms with Crippen molar-refractivity contribution in [3.63, 3.8) is 0 Å². The van der Waals surface area contributed by atoms with Crippen molar-refractivity contribution in [3.8, 4) is 11.5 Å². The van der Waals surface area contributed by atoms with E-state index in [1.54, 1.807) is 24.3 Å². The lowest BCUT2D eigenvalue weighted by Crippen LogP contribution is -2.22. The smallest absolute Gasteiger partial charge is 0.206 e. The highest BCUT2D eigenvalue weighted by Gasteiger charge is 2.23. The van der Waals surface area contributed by atoms with Crippen LogP contribution in [-0.2, 0) is 19.3 Å². The molecule has 2 aromatic carbocycles. The summed E-state index contributed by atoms with van der Waals surface area (Å²) in [7, 11) is -2.15. The quantitative estimate of drug-likeness (QED) is 0.613. The van der Waals surface area contributed by atoms with E-state index >= 15 is 0 Å². The number of hydrogen-bond donors (Lipinski definition) is 1. The van der Waals surface area contributed by atoms with Crippen LogP contribution >= 0.6 is 0 Å². The molecule has 2 unspecified atom stereocenters. The second-order valence-corrected chi connectivity index (χ2v) is 8.08. The maximum absolute atomic E-state index is 12.7. The minimum atomic E-state index is -3.64. The van der Waals surface area contributed by atoms with Crippen molar-refractivity contribution >= 4 is 9.84 Å². The summed E-state index contributed by atoms with van der Waals surface area (Å²) in [4.78, 5) is 0.342. The van der Waals surface area contributed by atoms with Gasteiger partial charge in [0.1, 0.15) is 36.9 Å². The topological polar surface area (TPSA) is 94.6 Å². The maximum atomic E-state index is 12.7. The van der Waals surface area contributed by atoms with Crippen LogP contribution in [0.4, 0.5) is 0 Å². The average Bonchev–Trinajstić information content (AvgIpc) is 3.50. The third-order valence-corrected chi connectivity index (χ3v) is 5.69. The molecule has 7 nitrogen and oxygen atoms in total. The van der Waals surface area contributed by atoms with Gasteiger partial charge in [-0.05, 0) is 48.5 Å². The van der Waals surface area contributed by atoms with Crippen LogP contribution in [0, 0.1) is 0 Å². The Hall–Kier alpha value is -2.13. The van der Waals surface area contributed by atoms with Crippen LogP contribution in [0.25, 0.3) is 0 Å². The zero-order chi connectivity index (χ0) is 19.3. The van der Waals surface area contributed by atoms with E-state index in [-0.39, 0.29) is 29.1 Å². The van der Waals surface area contributed by atoms with E-state index in [4.69, 9.17) is 18.9 Å². The molecule has 0 amide bonds. The Kier molecular flexibility index (Phi) is 6.33. The number of benzene rings is 2. The first-order valence-corrected chi connectivity index (χ1v) is 9.97. The molecule has 1 heterocycles. The lowest BCUT2D eigenvalue weighted by molar-refractivity contribution is 0.0325. The fourth-order valence-corrected chi connectivity index (χ4v) is 3.61. The molecule has 0 aromatic heterocycles. The molecule has 8 heteroatoms. The molecule has 2 atom stereocenters. The molecule has 0 saturated carbocycles. The van der Waals surface area contributed by atoms with Crippen molar-refractivity contribution < 1.29 is 32.5 Å². The summed E-state index contributed by atoms with van der Waals surface area (Å²) in [5, 5.41) is 9.57. The van der Waals surface area contributed by atoms with Crippen molar-refractivity contribution in [2.24, 2.45) is 0 Å². The van der Waals surface area contributed by atoms with Gasteiger partial charge in [-0.25, -0.2) is 8.42 Å². The summed E-state index contributed by atoms with van der Waals surface area (Å²) < 4.78 is 46.3. The zero-order valence-electron chi connectivity index (χ0n) is 14.9. The zero-order valence-corrected chi connectivity index (χ0v) is 15.7. The highest BCUT2D eigenvalue weighted by Crippen LogP contribution is 2.25. The Labute approximate surface area is 158 Å². The summed E-state index contributed by atoms with van der Waals surface area (Å²) >= 11 is 0. The normalized spacial score (nSPS) is 17.3. The van der Waals surface area contributed by atoms with E-state index in [0.29, 0.717) is 24.7 Å². The first-order chi connectivity index (χ1) is 13.0. The van der Waals surface area contributed by atoms with Gasteiger partial charge in [-0.3, -0.25) is 0 Å². The predicted octanol–water partition coefficient (Wildman–Crippen LogP) is 1.68. The number of sulfone groups is 1. The number of hydrogen-bond acceptors (Lipinski definition) is 7. The van der Waals surface area contributed by atoms with Crippen LogP contribution < -0.4 is 9.47 Å². The fourth-order valence-electron chi connectivity index (χ4n) is 2.35. The lowest BCUT2D eigenvalue weighted by Gasteiger charge is -2.12. The van der Waals surface area contributed by atoms with E-state index in [9.17, 15) is 13.5 Å². The van der Waals surface area contributed by atoms with Gasteiger partial charge in [0, 0.05) is 7.11 Å². The Balaban J connectivity index is 1.63. The SMILES string of the molecule is COCC(O)COc1ccc(S(=O)(=O)c2ccc(OCC3CO3)cc2)cc1. The van der Waals surface area contributed by atoms with Gasteiger partial charge in [-0.15, -0.1) is 0 Å². The average molecular weight is 394 g/mol. The first-order valence-electron chi connectivity index (χ1n) is 8.48. The molecule has 1 aliphatic heterocycles. The molecule has 0 aliphatic carbocycles. The first kappa shape index (κ1) is 19.6. The molecule has 27 heavy (non-hydrogen) atoms. The van der Waals surface area contributed by atoms with Crippen LogP contribution in [0.3, 0.4) is 0 Å². The number of methoxy groups -OCH3 is 1. The van der Waals surface area contributed by atoms with Crippen molar-refractivity contribution in [2.75, 3.05) is 33.5 Å². The molecule has 146 valence electrons. The largest absolute Gasteiger partial charge is 0.491 e. The number of rotatable bonds is 10. The van der Waals surface area contributed by atoms with E-state index in [1.807, 2.05) is 0 Å². The Morgan fingerprint density at radius 3 is 2.00 bits per heavy atom. The Morgan fingerprint density at radius 2 is 1.52 bits per heavy atom. The molecule has 1 aliphatic rings. The highest BCUT2D eigenvalue weighted by molar-refractivity contribution is 7.91. The molecular formula is C19H22O7S. The van der Waals surface area contributed by atoms with Gasteiger partial charge in [0.15, 0.2) is 0 Å². The third kappa shape index (κ3) is 5.43. The predicted molar refractivity (Wildman–Crippen MR) is 96.9 cm³/mol. The van der Waals surface area contributed by atoms with E-state index < -0.39 is 15.9 Å². The third-order valence-electron chi connectivity index (χ3n) is 3.91. The van der Waals surface area contributed by atoms with Gasteiger partial charge in [-0.2, -0.15) is 0 Å². The molecule has 1 N–H and O–H groups in total. The van der Waals surface area contributed by atoms with Gasteiger partial charge in [-0.1, -0.05) is 0 Å². The molecule has 3 rings (SSSR count). The molecule has 2 aromatic rings. The van der Waals surface area contributed by atoms with Gasteiger partial charge in [0.25, 0.3) is 0 Å². The van der Waals surface area contributed by atoms with Crippen molar-refractivity contribution in [3.05, 3.63) is 48.5 Å². The lowest BCUT2D eigenvalue weighted by atomic mass is 10.3. The standard InChI is InChI=1S/C19H22O7S/c1-23-10-14(20)11-24-15-2-6-18(7-3-15)27(21,22)19-8-4-16(5-9-19)25-12-17-13-26-17/h2-9,14,17,20H,10-13H2,1H3. The van der Waals surface area contributed by atoms with E-state index in [2.05, 4.69) is 0 Å². The van der Waals surface area contributed by atoms with Crippen molar-refractivity contribution in [1.29, 1.82) is 0 Å². The Morgan fingerprint density at radius 1 is 1.00 bits per heavy atom. The molecular weight excluding hydrogens is 372 g/mol. The van der Waals surface area contributed by atoms with Gasteiger partial charge in [0.05, 0.1) is 23.0 Å². The summed E-state index contributed by atoms with van der Waals surface area (Å²) in [6.45, 7) is 1.40. The second-order valence-electron chi connectivity index (χ2n) is 6.13. The number of ether oxygens (including phenoxy) is 4. The van der Waals surface area contributed by atoms with Crippen molar-refractivity contribution in [1.82, 2.24) is 0 Å². The summed E-state index contributed by atoms with van der Waals surface area (Å²) in [5.74, 6) is 1.07. The summed E-state index contributed by atoms with van der Waals surface area (Å²) in [6, 6.07) is 12.4.